The number of rotatable bonds is 5. The summed E-state index contributed by atoms with van der Waals surface area (Å²) in [7, 11) is 1.82. The maximum absolute atomic E-state index is 12.5. The number of nitrogens with one attached hydrogen (secondary N) is 2. The van der Waals surface area contributed by atoms with Crippen molar-refractivity contribution in [2.24, 2.45) is 7.05 Å². The third kappa shape index (κ3) is 5.66. The Labute approximate surface area is 162 Å². The molecule has 1 atom stereocenters. The van der Waals surface area contributed by atoms with E-state index in [9.17, 15) is 4.79 Å². The lowest BCUT2D eigenvalue weighted by Gasteiger charge is -2.20. The third-order valence-corrected chi connectivity index (χ3v) is 5.29. The Hall–Kier alpha value is -1.18. The highest BCUT2D eigenvalue weighted by Gasteiger charge is 2.24. The average molecular weight is 386 g/mol. The van der Waals surface area contributed by atoms with Gasteiger partial charge in [0.1, 0.15) is 6.10 Å². The molecule has 7 nitrogen and oxygen atoms in total. The maximum atomic E-state index is 12.5. The van der Waals surface area contributed by atoms with Crippen LogP contribution in [0.1, 0.15) is 70.0 Å². The van der Waals surface area contributed by atoms with Crippen molar-refractivity contribution in [3.63, 3.8) is 0 Å². The van der Waals surface area contributed by atoms with Crippen LogP contribution in [0, 0.1) is 0 Å². The van der Waals surface area contributed by atoms with Crippen LogP contribution >= 0.6 is 12.4 Å². The first kappa shape index (κ1) is 21.1. The zero-order chi connectivity index (χ0) is 17.6. The molecule has 0 spiro atoms. The van der Waals surface area contributed by atoms with E-state index in [4.69, 9.17) is 4.74 Å². The van der Waals surface area contributed by atoms with Gasteiger partial charge in [0.25, 0.3) is 5.91 Å². The summed E-state index contributed by atoms with van der Waals surface area (Å²) in [6, 6.07) is 0. The van der Waals surface area contributed by atoms with Gasteiger partial charge in [0, 0.05) is 13.0 Å². The van der Waals surface area contributed by atoms with Gasteiger partial charge in [-0.3, -0.25) is 10.1 Å². The fourth-order valence-electron chi connectivity index (χ4n) is 3.71. The van der Waals surface area contributed by atoms with Gasteiger partial charge in [-0.1, -0.05) is 25.7 Å². The first-order valence-electron chi connectivity index (χ1n) is 9.71. The number of carbonyl (C=O) groups excluding carboxylic acids is 1. The van der Waals surface area contributed by atoms with Gasteiger partial charge in [0.15, 0.2) is 5.82 Å². The molecule has 1 saturated heterocycles. The Balaban J connectivity index is 0.00000243. The highest BCUT2D eigenvalue weighted by atomic mass is 35.5. The quantitative estimate of drug-likeness (QED) is 0.761. The fourth-order valence-corrected chi connectivity index (χ4v) is 3.71. The number of anilines is 1. The molecule has 2 N–H and O–H groups in total. The number of piperidine rings is 1. The van der Waals surface area contributed by atoms with Gasteiger partial charge in [-0.25, -0.2) is 4.68 Å². The van der Waals surface area contributed by atoms with Gasteiger partial charge < -0.3 is 10.1 Å². The molecule has 0 radical (unpaired) electrons. The van der Waals surface area contributed by atoms with E-state index < -0.39 is 6.10 Å². The Morgan fingerprint density at radius 1 is 1.19 bits per heavy atom. The van der Waals surface area contributed by atoms with Gasteiger partial charge >= 0.3 is 0 Å². The number of hydrogen-bond acceptors (Lipinski definition) is 5. The minimum Gasteiger partial charge on any atom is -0.365 e. The molecule has 1 aliphatic heterocycles. The van der Waals surface area contributed by atoms with Crippen LogP contribution in [-0.2, 0) is 16.6 Å². The Morgan fingerprint density at radius 3 is 2.50 bits per heavy atom. The van der Waals surface area contributed by atoms with E-state index in [1.807, 2.05) is 14.0 Å². The fraction of sp³-hybridized carbons (Fsp3) is 0.833. The number of nitrogens with zero attached hydrogens (tertiary/aromatic N) is 3. The number of ether oxygens (including phenoxy) is 1. The number of halogens is 1. The number of aryl methyl sites for hydroxylation is 1. The average Bonchev–Trinajstić information content (AvgIpc) is 2.82. The van der Waals surface area contributed by atoms with Crippen LogP contribution in [0.3, 0.4) is 0 Å². The number of carbonyl (C=O) groups is 1. The van der Waals surface area contributed by atoms with Crippen LogP contribution in [0.25, 0.3) is 0 Å². The van der Waals surface area contributed by atoms with E-state index in [0.29, 0.717) is 11.9 Å². The summed E-state index contributed by atoms with van der Waals surface area (Å²) in [5.74, 6) is 1.57. The van der Waals surface area contributed by atoms with Crippen LogP contribution in [0.15, 0.2) is 0 Å². The molecule has 0 aromatic carbocycles. The third-order valence-electron chi connectivity index (χ3n) is 5.29. The van der Waals surface area contributed by atoms with Gasteiger partial charge in [-0.2, -0.15) is 10.1 Å². The molecule has 2 fully saturated rings. The maximum Gasteiger partial charge on any atom is 0.255 e. The molecule has 1 aromatic rings. The second-order valence-corrected chi connectivity index (χ2v) is 7.32. The lowest BCUT2D eigenvalue weighted by molar-refractivity contribution is -0.130. The van der Waals surface area contributed by atoms with E-state index in [1.165, 1.54) is 25.7 Å². The summed E-state index contributed by atoms with van der Waals surface area (Å²) in [4.78, 5) is 17.0. The van der Waals surface area contributed by atoms with Crippen LogP contribution in [0.4, 0.5) is 5.95 Å². The Morgan fingerprint density at radius 2 is 1.85 bits per heavy atom. The monoisotopic (exact) mass is 385 g/mol. The topological polar surface area (TPSA) is 81.1 Å². The lowest BCUT2D eigenvalue weighted by atomic mass is 9.98. The largest absolute Gasteiger partial charge is 0.365 e. The van der Waals surface area contributed by atoms with Crippen molar-refractivity contribution >= 4 is 24.3 Å². The molecular weight excluding hydrogens is 354 g/mol. The summed E-state index contributed by atoms with van der Waals surface area (Å²) < 4.78 is 7.65. The SMILES string of the molecule is CC(OC1CCCCCC1)C(=O)Nc1nc(C2CCNCC2)nn1C.Cl. The molecule has 0 bridgehead atoms. The zero-order valence-electron chi connectivity index (χ0n) is 15.9. The van der Waals surface area contributed by atoms with Crippen LogP contribution in [0.5, 0.6) is 0 Å². The van der Waals surface area contributed by atoms with E-state index in [0.717, 1.165) is 44.6 Å². The van der Waals surface area contributed by atoms with E-state index in [1.54, 1.807) is 4.68 Å². The second kappa shape index (κ2) is 10.2. The standard InChI is InChI=1S/C18H31N5O2.ClH/c1-13(25-15-7-5-3-4-6-8-15)17(24)21-18-20-16(22-23(18)2)14-9-11-19-12-10-14;/h13-15,19H,3-12H2,1-2H3,(H,20,21,22,24);1H. The van der Waals surface area contributed by atoms with Crippen molar-refractivity contribution < 1.29 is 9.53 Å². The summed E-state index contributed by atoms with van der Waals surface area (Å²) in [6.07, 6.45) is 8.87. The van der Waals surface area contributed by atoms with Crippen molar-refractivity contribution in [2.45, 2.75) is 76.4 Å². The number of hydrogen-bond donors (Lipinski definition) is 2. The summed E-state index contributed by atoms with van der Waals surface area (Å²) in [5, 5.41) is 10.7. The highest BCUT2D eigenvalue weighted by Crippen LogP contribution is 2.24. The summed E-state index contributed by atoms with van der Waals surface area (Å²) in [5.41, 5.74) is 0. The van der Waals surface area contributed by atoms with Crippen molar-refractivity contribution in [3.05, 3.63) is 5.82 Å². The number of amides is 1. The van der Waals surface area contributed by atoms with Gasteiger partial charge in [0.05, 0.1) is 6.10 Å². The Kier molecular flexibility index (Phi) is 8.31. The zero-order valence-corrected chi connectivity index (χ0v) is 16.7. The first-order chi connectivity index (χ1) is 12.1. The molecule has 148 valence electrons. The molecule has 26 heavy (non-hydrogen) atoms. The molecule has 3 rings (SSSR count). The molecule has 2 heterocycles. The van der Waals surface area contributed by atoms with Crippen molar-refractivity contribution in [1.29, 1.82) is 0 Å². The Bertz CT molecular complexity index is 566. The van der Waals surface area contributed by atoms with Crippen LogP contribution in [-0.4, -0.2) is 46.0 Å². The van der Waals surface area contributed by atoms with Gasteiger partial charge in [-0.05, 0) is 45.7 Å². The van der Waals surface area contributed by atoms with E-state index >= 15 is 0 Å². The predicted octanol–water partition coefficient (Wildman–Crippen LogP) is 2.77. The molecule has 2 aliphatic rings. The molecule has 8 heteroatoms. The molecule has 1 aromatic heterocycles. The summed E-state index contributed by atoms with van der Waals surface area (Å²) in [6.45, 7) is 3.82. The summed E-state index contributed by atoms with van der Waals surface area (Å²) >= 11 is 0. The minimum atomic E-state index is -0.470. The molecule has 1 amide bonds. The second-order valence-electron chi connectivity index (χ2n) is 7.32. The molecule has 1 unspecified atom stereocenters. The van der Waals surface area contributed by atoms with Gasteiger partial charge in [-0.15, -0.1) is 12.4 Å². The molecule has 1 aliphatic carbocycles. The molecule has 1 saturated carbocycles. The predicted molar refractivity (Wildman–Crippen MR) is 104 cm³/mol. The lowest BCUT2D eigenvalue weighted by Crippen LogP contribution is -2.32. The first-order valence-corrected chi connectivity index (χ1v) is 9.71. The van der Waals surface area contributed by atoms with Crippen LogP contribution in [0.2, 0.25) is 0 Å². The van der Waals surface area contributed by atoms with Crippen molar-refractivity contribution in [3.8, 4) is 0 Å². The highest BCUT2D eigenvalue weighted by molar-refractivity contribution is 5.92. The molecular formula is C18H32ClN5O2. The van der Waals surface area contributed by atoms with Crippen molar-refractivity contribution in [1.82, 2.24) is 20.1 Å². The van der Waals surface area contributed by atoms with Crippen molar-refractivity contribution in [2.75, 3.05) is 18.4 Å². The minimum absolute atomic E-state index is 0. The van der Waals surface area contributed by atoms with Crippen LogP contribution < -0.4 is 10.6 Å². The van der Waals surface area contributed by atoms with E-state index in [-0.39, 0.29) is 24.4 Å². The van der Waals surface area contributed by atoms with Gasteiger partial charge in [0.2, 0.25) is 5.95 Å². The normalized spacial score (nSPS) is 20.8. The smallest absolute Gasteiger partial charge is 0.255 e. The number of aromatic nitrogens is 3. The van der Waals surface area contributed by atoms with E-state index in [2.05, 4.69) is 20.7 Å².